The predicted molar refractivity (Wildman–Crippen MR) is 77.8 cm³/mol. The molecule has 3 heteroatoms. The van der Waals surface area contributed by atoms with Crippen molar-refractivity contribution in [2.45, 2.75) is 0 Å². The van der Waals surface area contributed by atoms with Crippen LogP contribution in [0, 0.1) is 0 Å². The Balaban J connectivity index is 1.96. The first kappa shape index (κ1) is 11.5. The summed E-state index contributed by atoms with van der Waals surface area (Å²) in [5.74, 6) is 1.64. The average molecular weight is 250 g/mol. The molecule has 0 aliphatic heterocycles. The van der Waals surface area contributed by atoms with Crippen molar-refractivity contribution in [1.82, 2.24) is 4.98 Å². The molecular formula is C16H14N2O. The number of para-hydroxylation sites is 1. The first-order valence-electron chi connectivity index (χ1n) is 6.16. The van der Waals surface area contributed by atoms with E-state index in [2.05, 4.69) is 10.3 Å². The Labute approximate surface area is 111 Å². The summed E-state index contributed by atoms with van der Waals surface area (Å²) in [5, 5.41) is 4.10. The second-order valence-corrected chi connectivity index (χ2v) is 4.20. The Morgan fingerprint density at radius 3 is 2.53 bits per heavy atom. The van der Waals surface area contributed by atoms with Crippen LogP contribution in [-0.2, 0) is 0 Å². The number of fused-ring (bicyclic) bond motifs is 1. The number of nitrogens with one attached hydrogen (secondary N) is 1. The molecular weight excluding hydrogens is 236 g/mol. The number of rotatable bonds is 3. The summed E-state index contributed by atoms with van der Waals surface area (Å²) in [4.78, 5) is 4.32. The maximum absolute atomic E-state index is 5.92. The number of ether oxygens (including phenoxy) is 1. The van der Waals surface area contributed by atoms with Crippen LogP contribution in [0.5, 0.6) is 11.5 Å². The molecule has 1 N–H and O–H groups in total. The second kappa shape index (κ2) is 4.98. The van der Waals surface area contributed by atoms with Crippen LogP contribution in [0.25, 0.3) is 10.9 Å². The van der Waals surface area contributed by atoms with E-state index in [4.69, 9.17) is 4.74 Å². The molecule has 94 valence electrons. The third kappa shape index (κ3) is 2.36. The lowest BCUT2D eigenvalue weighted by molar-refractivity contribution is 0.488. The van der Waals surface area contributed by atoms with E-state index < -0.39 is 0 Å². The molecule has 0 bridgehead atoms. The van der Waals surface area contributed by atoms with Gasteiger partial charge in [0.2, 0.25) is 0 Å². The van der Waals surface area contributed by atoms with Crippen LogP contribution < -0.4 is 10.1 Å². The van der Waals surface area contributed by atoms with Crippen LogP contribution in [0.15, 0.2) is 60.8 Å². The Bertz CT molecular complexity index is 687. The van der Waals surface area contributed by atoms with Gasteiger partial charge in [0, 0.05) is 24.3 Å². The van der Waals surface area contributed by atoms with Crippen LogP contribution in [-0.4, -0.2) is 12.0 Å². The average Bonchev–Trinajstić information content (AvgIpc) is 2.48. The van der Waals surface area contributed by atoms with E-state index in [0.29, 0.717) is 0 Å². The van der Waals surface area contributed by atoms with Crippen molar-refractivity contribution < 1.29 is 4.74 Å². The van der Waals surface area contributed by atoms with E-state index in [0.717, 1.165) is 28.1 Å². The summed E-state index contributed by atoms with van der Waals surface area (Å²) in [5.41, 5.74) is 2.00. The van der Waals surface area contributed by atoms with E-state index in [1.54, 1.807) is 6.20 Å². The van der Waals surface area contributed by atoms with Crippen LogP contribution in [0.1, 0.15) is 0 Å². The van der Waals surface area contributed by atoms with Crippen molar-refractivity contribution in [3.05, 3.63) is 60.8 Å². The number of pyridine rings is 1. The van der Waals surface area contributed by atoms with Crippen molar-refractivity contribution in [2.24, 2.45) is 0 Å². The van der Waals surface area contributed by atoms with Gasteiger partial charge in [0.1, 0.15) is 11.5 Å². The molecule has 0 radical (unpaired) electrons. The normalized spacial score (nSPS) is 10.4. The van der Waals surface area contributed by atoms with Gasteiger partial charge in [-0.25, -0.2) is 0 Å². The highest BCUT2D eigenvalue weighted by Gasteiger charge is 2.03. The fourth-order valence-corrected chi connectivity index (χ4v) is 1.98. The zero-order valence-corrected chi connectivity index (χ0v) is 10.6. The summed E-state index contributed by atoms with van der Waals surface area (Å²) in [6.45, 7) is 0. The zero-order valence-electron chi connectivity index (χ0n) is 10.6. The van der Waals surface area contributed by atoms with Crippen molar-refractivity contribution in [3.8, 4) is 11.5 Å². The number of benzene rings is 2. The molecule has 2 aromatic carbocycles. The molecule has 0 aliphatic rings. The molecule has 3 rings (SSSR count). The molecule has 3 aromatic rings. The molecule has 0 aliphatic carbocycles. The van der Waals surface area contributed by atoms with Gasteiger partial charge in [0.25, 0.3) is 0 Å². The molecule has 3 nitrogen and oxygen atoms in total. The van der Waals surface area contributed by atoms with Crippen molar-refractivity contribution in [1.29, 1.82) is 0 Å². The third-order valence-electron chi connectivity index (χ3n) is 2.98. The van der Waals surface area contributed by atoms with Crippen LogP contribution in [0.4, 0.5) is 5.69 Å². The van der Waals surface area contributed by atoms with E-state index in [1.165, 1.54) is 0 Å². The second-order valence-electron chi connectivity index (χ2n) is 4.20. The van der Waals surface area contributed by atoms with E-state index >= 15 is 0 Å². The van der Waals surface area contributed by atoms with Gasteiger partial charge in [-0.15, -0.1) is 0 Å². The first-order chi connectivity index (χ1) is 9.36. The zero-order chi connectivity index (χ0) is 13.1. The van der Waals surface area contributed by atoms with Gasteiger partial charge in [-0.3, -0.25) is 4.98 Å². The SMILES string of the molecule is CNc1ccc(Oc2ccnc3ccccc23)cc1. The lowest BCUT2D eigenvalue weighted by Crippen LogP contribution is -1.89. The maximum Gasteiger partial charge on any atom is 0.138 e. The number of anilines is 1. The fraction of sp³-hybridized carbons (Fsp3) is 0.0625. The molecule has 0 unspecified atom stereocenters. The number of hydrogen-bond acceptors (Lipinski definition) is 3. The highest BCUT2D eigenvalue weighted by Crippen LogP contribution is 2.28. The standard InChI is InChI=1S/C16H14N2O/c1-17-12-6-8-13(9-7-12)19-16-10-11-18-15-5-3-2-4-14(15)16/h2-11,17H,1H3. The van der Waals surface area contributed by atoms with Crippen LogP contribution in [0.2, 0.25) is 0 Å². The predicted octanol–water partition coefficient (Wildman–Crippen LogP) is 4.07. The van der Waals surface area contributed by atoms with Crippen molar-refractivity contribution >= 4 is 16.6 Å². The van der Waals surface area contributed by atoms with E-state index in [1.807, 2.05) is 61.6 Å². The fourth-order valence-electron chi connectivity index (χ4n) is 1.98. The first-order valence-corrected chi connectivity index (χ1v) is 6.16. The largest absolute Gasteiger partial charge is 0.457 e. The molecule has 0 saturated carbocycles. The lowest BCUT2D eigenvalue weighted by Gasteiger charge is -2.09. The van der Waals surface area contributed by atoms with Gasteiger partial charge in [-0.2, -0.15) is 0 Å². The van der Waals surface area contributed by atoms with Gasteiger partial charge < -0.3 is 10.1 Å². The minimum absolute atomic E-state index is 0.815. The maximum atomic E-state index is 5.92. The van der Waals surface area contributed by atoms with Gasteiger partial charge in [-0.05, 0) is 42.5 Å². The summed E-state index contributed by atoms with van der Waals surface area (Å²) < 4.78 is 5.92. The monoisotopic (exact) mass is 250 g/mol. The molecule has 0 amide bonds. The minimum Gasteiger partial charge on any atom is -0.457 e. The summed E-state index contributed by atoms with van der Waals surface area (Å²) >= 11 is 0. The van der Waals surface area contributed by atoms with Gasteiger partial charge in [0.05, 0.1) is 5.52 Å². The number of hydrogen-bond donors (Lipinski definition) is 1. The lowest BCUT2D eigenvalue weighted by atomic mass is 10.2. The van der Waals surface area contributed by atoms with Gasteiger partial charge in [-0.1, -0.05) is 12.1 Å². The Morgan fingerprint density at radius 1 is 0.947 bits per heavy atom. The molecule has 0 saturated heterocycles. The highest BCUT2D eigenvalue weighted by atomic mass is 16.5. The Kier molecular flexibility index (Phi) is 3.02. The quantitative estimate of drug-likeness (QED) is 0.760. The molecule has 19 heavy (non-hydrogen) atoms. The smallest absolute Gasteiger partial charge is 0.138 e. The number of aromatic nitrogens is 1. The van der Waals surface area contributed by atoms with Crippen molar-refractivity contribution in [3.63, 3.8) is 0 Å². The number of nitrogens with zero attached hydrogens (tertiary/aromatic N) is 1. The van der Waals surface area contributed by atoms with Gasteiger partial charge >= 0.3 is 0 Å². The minimum atomic E-state index is 0.815. The van der Waals surface area contributed by atoms with E-state index in [9.17, 15) is 0 Å². The molecule has 0 spiro atoms. The Morgan fingerprint density at radius 2 is 1.74 bits per heavy atom. The highest BCUT2D eigenvalue weighted by molar-refractivity contribution is 5.84. The molecule has 1 aromatic heterocycles. The van der Waals surface area contributed by atoms with E-state index in [-0.39, 0.29) is 0 Å². The van der Waals surface area contributed by atoms with Crippen LogP contribution in [0.3, 0.4) is 0 Å². The summed E-state index contributed by atoms with van der Waals surface area (Å²) in [6.07, 6.45) is 1.76. The third-order valence-corrected chi connectivity index (χ3v) is 2.98. The molecule has 1 heterocycles. The Hall–Kier alpha value is -2.55. The van der Waals surface area contributed by atoms with Crippen molar-refractivity contribution in [2.75, 3.05) is 12.4 Å². The summed E-state index contributed by atoms with van der Waals surface area (Å²) in [6, 6.07) is 17.7. The topological polar surface area (TPSA) is 34.1 Å². The molecule has 0 atom stereocenters. The van der Waals surface area contributed by atoms with Gasteiger partial charge in [0.15, 0.2) is 0 Å². The molecule has 0 fully saturated rings. The summed E-state index contributed by atoms with van der Waals surface area (Å²) in [7, 11) is 1.90. The van der Waals surface area contributed by atoms with Crippen LogP contribution >= 0.6 is 0 Å².